The molecular formula is C47H84O2. The predicted octanol–water partition coefficient (Wildman–Crippen LogP) is 15.0. The van der Waals surface area contributed by atoms with Crippen molar-refractivity contribution in [2.24, 2.45) is 46.3 Å². The lowest BCUT2D eigenvalue weighted by molar-refractivity contribution is -0.138. The van der Waals surface area contributed by atoms with Gasteiger partial charge in [0.1, 0.15) is 6.10 Å². The molecule has 0 aliphatic heterocycles. The summed E-state index contributed by atoms with van der Waals surface area (Å²) < 4.78 is 5.68. The summed E-state index contributed by atoms with van der Waals surface area (Å²) in [6.07, 6.45) is 51.3. The first-order valence-electron chi connectivity index (χ1n) is 23.2. The van der Waals surface area contributed by atoms with Gasteiger partial charge in [0.25, 0.3) is 6.47 Å². The Balaban J connectivity index is 1.32. The van der Waals surface area contributed by atoms with E-state index in [4.69, 9.17) is 4.74 Å². The molecule has 5 rings (SSSR count). The Morgan fingerprint density at radius 1 is 0.551 bits per heavy atom. The number of ether oxygens (including phenoxy) is 1. The molecule has 49 heavy (non-hydrogen) atoms. The summed E-state index contributed by atoms with van der Waals surface area (Å²) in [6, 6.07) is 0. The van der Waals surface area contributed by atoms with Gasteiger partial charge in [0, 0.05) is 0 Å². The molecule has 0 saturated heterocycles. The highest BCUT2D eigenvalue weighted by molar-refractivity contribution is 5.37. The van der Waals surface area contributed by atoms with Crippen LogP contribution in [-0.4, -0.2) is 12.6 Å². The maximum atomic E-state index is 11.4. The average Bonchev–Trinajstić information content (AvgIpc) is 3.16. The lowest BCUT2D eigenvalue weighted by atomic mass is 9.47. The molecule has 5 fully saturated rings. The van der Waals surface area contributed by atoms with Crippen molar-refractivity contribution in [1.29, 1.82) is 0 Å². The van der Waals surface area contributed by atoms with Crippen LogP contribution in [0.2, 0.25) is 0 Å². The van der Waals surface area contributed by atoms with Crippen molar-refractivity contribution in [1.82, 2.24) is 0 Å². The van der Waals surface area contributed by atoms with Crippen molar-refractivity contribution in [3.8, 4) is 0 Å². The van der Waals surface area contributed by atoms with Gasteiger partial charge >= 0.3 is 0 Å². The largest absolute Gasteiger partial charge is 0.465 e. The van der Waals surface area contributed by atoms with E-state index < -0.39 is 0 Å². The van der Waals surface area contributed by atoms with Crippen molar-refractivity contribution >= 4 is 6.47 Å². The van der Waals surface area contributed by atoms with Gasteiger partial charge in [0.05, 0.1) is 0 Å². The Bertz CT molecular complexity index is 859. The molecule has 0 amide bonds. The Labute approximate surface area is 306 Å². The van der Waals surface area contributed by atoms with Crippen LogP contribution in [0.3, 0.4) is 0 Å². The van der Waals surface area contributed by atoms with Crippen LogP contribution < -0.4 is 0 Å². The summed E-state index contributed by atoms with van der Waals surface area (Å²) >= 11 is 0. The average molecular weight is 681 g/mol. The number of unbranched alkanes of at least 4 members (excludes halogenated alkanes) is 8. The summed E-state index contributed by atoms with van der Waals surface area (Å²) in [4.78, 5) is 11.4. The Kier molecular flexibility index (Phi) is 17.2. The van der Waals surface area contributed by atoms with E-state index in [-0.39, 0.29) is 6.10 Å². The molecule has 0 aromatic carbocycles. The highest BCUT2D eigenvalue weighted by Gasteiger charge is 2.53. The number of rotatable bonds is 20. The molecular weight excluding hydrogens is 597 g/mol. The maximum Gasteiger partial charge on any atom is 0.293 e. The molecule has 0 spiro atoms. The van der Waals surface area contributed by atoms with Crippen molar-refractivity contribution < 1.29 is 9.53 Å². The van der Waals surface area contributed by atoms with E-state index in [1.54, 1.807) is 25.7 Å². The molecule has 0 bridgehead atoms. The number of hydrogen-bond donors (Lipinski definition) is 0. The molecule has 0 aromatic heterocycles. The molecule has 1 unspecified atom stereocenters. The van der Waals surface area contributed by atoms with Gasteiger partial charge in [-0.25, -0.2) is 0 Å². The van der Waals surface area contributed by atoms with Gasteiger partial charge in [0.15, 0.2) is 0 Å². The number of hydrogen-bond acceptors (Lipinski definition) is 2. The second-order valence-corrected chi connectivity index (χ2v) is 19.1. The van der Waals surface area contributed by atoms with E-state index in [9.17, 15) is 4.79 Å². The molecule has 284 valence electrons. The molecule has 0 radical (unpaired) electrons. The SMILES string of the molecule is CCCCCCCC1CCC(C2(CC(C3CCCCC3)C3(C4CCC(CCCCCCC)CC4)CCCCC3)CCC(OC=O)CC2)CC1. The van der Waals surface area contributed by atoms with Gasteiger partial charge in [-0.3, -0.25) is 4.79 Å². The smallest absolute Gasteiger partial charge is 0.293 e. The predicted molar refractivity (Wildman–Crippen MR) is 210 cm³/mol. The maximum absolute atomic E-state index is 11.4. The zero-order chi connectivity index (χ0) is 34.2. The second kappa shape index (κ2) is 21.2. The van der Waals surface area contributed by atoms with Crippen molar-refractivity contribution in [3.63, 3.8) is 0 Å². The highest BCUT2D eigenvalue weighted by atomic mass is 16.5. The van der Waals surface area contributed by atoms with Crippen LogP contribution in [0.5, 0.6) is 0 Å². The summed E-state index contributed by atoms with van der Waals surface area (Å²) in [5, 5.41) is 0. The van der Waals surface area contributed by atoms with E-state index in [1.807, 2.05) is 0 Å². The first-order chi connectivity index (χ1) is 24.1. The summed E-state index contributed by atoms with van der Waals surface area (Å²) in [6.45, 7) is 5.44. The fourth-order valence-electron chi connectivity index (χ4n) is 13.4. The summed E-state index contributed by atoms with van der Waals surface area (Å²) in [7, 11) is 0. The summed E-state index contributed by atoms with van der Waals surface area (Å²) in [5.41, 5.74) is 1.11. The summed E-state index contributed by atoms with van der Waals surface area (Å²) in [5.74, 6) is 5.84. The molecule has 0 aromatic rings. The van der Waals surface area contributed by atoms with Crippen LogP contribution in [0.15, 0.2) is 0 Å². The van der Waals surface area contributed by atoms with Crippen LogP contribution in [0.4, 0.5) is 0 Å². The molecule has 0 N–H and O–H groups in total. The van der Waals surface area contributed by atoms with Crippen molar-refractivity contribution in [3.05, 3.63) is 0 Å². The normalized spacial score (nSPS) is 33.6. The van der Waals surface area contributed by atoms with Crippen LogP contribution in [0, 0.1) is 46.3 Å². The topological polar surface area (TPSA) is 26.3 Å². The molecule has 5 aliphatic rings. The third-order valence-electron chi connectivity index (χ3n) is 16.3. The van der Waals surface area contributed by atoms with Gasteiger partial charge in [-0.1, -0.05) is 168 Å². The van der Waals surface area contributed by atoms with Crippen LogP contribution in [0.25, 0.3) is 0 Å². The monoisotopic (exact) mass is 681 g/mol. The van der Waals surface area contributed by atoms with E-state index in [2.05, 4.69) is 13.8 Å². The fourth-order valence-corrected chi connectivity index (χ4v) is 13.4. The van der Waals surface area contributed by atoms with Crippen LogP contribution in [-0.2, 0) is 9.53 Å². The Hall–Kier alpha value is -0.530. The van der Waals surface area contributed by atoms with Gasteiger partial charge in [-0.05, 0) is 117 Å². The van der Waals surface area contributed by atoms with Crippen LogP contribution >= 0.6 is 0 Å². The molecule has 5 saturated carbocycles. The Morgan fingerprint density at radius 2 is 1.06 bits per heavy atom. The van der Waals surface area contributed by atoms with E-state index in [0.717, 1.165) is 54.8 Å². The van der Waals surface area contributed by atoms with E-state index in [1.165, 1.54) is 186 Å². The lowest BCUT2D eigenvalue weighted by Crippen LogP contribution is -2.49. The Morgan fingerprint density at radius 3 is 1.59 bits per heavy atom. The van der Waals surface area contributed by atoms with Crippen LogP contribution in [0.1, 0.15) is 239 Å². The van der Waals surface area contributed by atoms with Crippen molar-refractivity contribution in [2.75, 3.05) is 0 Å². The molecule has 5 aliphatic carbocycles. The van der Waals surface area contributed by atoms with Gasteiger partial charge < -0.3 is 4.74 Å². The first kappa shape index (κ1) is 39.7. The first-order valence-corrected chi connectivity index (χ1v) is 23.2. The third kappa shape index (κ3) is 11.2. The fraction of sp³-hybridized carbons (Fsp3) is 0.979. The molecule has 0 heterocycles. The second-order valence-electron chi connectivity index (χ2n) is 19.1. The van der Waals surface area contributed by atoms with Gasteiger partial charge in [0.2, 0.25) is 0 Å². The lowest BCUT2D eigenvalue weighted by Gasteiger charge is -2.58. The standard InChI is InChI=1S/C47H84O2/c1-3-5-7-9-13-19-39-23-27-42(28-24-39)46(35-31-44(32-36-46)49-38-48)37-45(41-21-15-11-16-22-41)47(33-17-12-18-34-47)43-29-25-40(26-30-43)20-14-10-8-6-4-2/h38-45H,3-37H2,1-2H3. The van der Waals surface area contributed by atoms with Gasteiger partial charge in [-0.15, -0.1) is 0 Å². The van der Waals surface area contributed by atoms with Gasteiger partial charge in [-0.2, -0.15) is 0 Å². The zero-order valence-electron chi connectivity index (χ0n) is 33.2. The minimum absolute atomic E-state index is 0.180. The number of carbonyl (C=O) groups excluding carboxylic acids is 1. The molecule has 1 atom stereocenters. The van der Waals surface area contributed by atoms with Crippen molar-refractivity contribution in [2.45, 2.75) is 245 Å². The van der Waals surface area contributed by atoms with E-state index in [0.29, 0.717) is 10.8 Å². The zero-order valence-corrected chi connectivity index (χ0v) is 33.2. The minimum atomic E-state index is 0.180. The minimum Gasteiger partial charge on any atom is -0.465 e. The van der Waals surface area contributed by atoms with E-state index >= 15 is 0 Å². The number of carbonyl (C=O) groups is 1. The quantitative estimate of drug-likeness (QED) is 0.0945. The highest BCUT2D eigenvalue weighted by Crippen LogP contribution is 2.63. The molecule has 2 nitrogen and oxygen atoms in total. The molecule has 2 heteroatoms. The third-order valence-corrected chi connectivity index (χ3v) is 16.3.